The largest absolute Gasteiger partial charge is 0.374 e. The van der Waals surface area contributed by atoms with E-state index in [2.05, 4.69) is 5.32 Å². The molecule has 1 amide bonds. The molecule has 1 aromatic heterocycles. The molecule has 0 aromatic carbocycles. The van der Waals surface area contributed by atoms with Gasteiger partial charge in [-0.05, 0) is 18.4 Å². The van der Waals surface area contributed by atoms with Crippen LogP contribution in [0.1, 0.15) is 18.0 Å². The number of thiophene rings is 1. The fraction of sp³-hybridized carbons (Fsp3) is 0.583. The van der Waals surface area contributed by atoms with Crippen LogP contribution in [0.2, 0.25) is 0 Å². The summed E-state index contributed by atoms with van der Waals surface area (Å²) < 4.78 is 28.8. The van der Waals surface area contributed by atoms with E-state index in [0.29, 0.717) is 6.54 Å². The zero-order chi connectivity index (χ0) is 13.8. The number of ether oxygens (including phenoxy) is 1. The summed E-state index contributed by atoms with van der Waals surface area (Å²) in [5, 5.41) is 5.13. The maximum atomic E-state index is 12.0. The number of nitrogens with one attached hydrogen (secondary N) is 1. The van der Waals surface area contributed by atoms with Crippen LogP contribution in [0.15, 0.2) is 17.5 Å². The van der Waals surface area contributed by atoms with Gasteiger partial charge in [-0.3, -0.25) is 10.1 Å². The van der Waals surface area contributed by atoms with E-state index in [1.165, 1.54) is 0 Å². The average Bonchev–Trinajstić information content (AvgIpc) is 2.96. The summed E-state index contributed by atoms with van der Waals surface area (Å²) in [5.41, 5.74) is 0. The lowest BCUT2D eigenvalue weighted by Crippen LogP contribution is -2.33. The third-order valence-electron chi connectivity index (χ3n) is 2.91. The molecule has 1 saturated heterocycles. The Hall–Kier alpha value is -1.05. The monoisotopic (exact) mass is 290 g/mol. The van der Waals surface area contributed by atoms with E-state index in [1.54, 1.807) is 23.2 Å². The van der Waals surface area contributed by atoms with Gasteiger partial charge >= 0.3 is 0 Å². The van der Waals surface area contributed by atoms with Gasteiger partial charge in [-0.1, -0.05) is 6.07 Å². The fourth-order valence-corrected chi connectivity index (χ4v) is 2.83. The van der Waals surface area contributed by atoms with Crippen molar-refractivity contribution in [2.24, 2.45) is 0 Å². The van der Waals surface area contributed by atoms with Gasteiger partial charge < -0.3 is 9.64 Å². The van der Waals surface area contributed by atoms with Gasteiger partial charge in [0.25, 0.3) is 6.43 Å². The maximum absolute atomic E-state index is 12.0. The maximum Gasteiger partial charge on any atom is 0.261 e. The van der Waals surface area contributed by atoms with Crippen molar-refractivity contribution in [2.45, 2.75) is 25.6 Å². The van der Waals surface area contributed by atoms with E-state index in [-0.39, 0.29) is 24.7 Å². The van der Waals surface area contributed by atoms with Crippen molar-refractivity contribution in [3.8, 4) is 0 Å². The summed E-state index contributed by atoms with van der Waals surface area (Å²) in [7, 11) is 0. The molecule has 2 atom stereocenters. The van der Waals surface area contributed by atoms with Crippen molar-refractivity contribution in [3.63, 3.8) is 0 Å². The minimum absolute atomic E-state index is 0.0287. The molecule has 0 radical (unpaired) electrons. The molecule has 2 heterocycles. The average molecular weight is 290 g/mol. The zero-order valence-electron chi connectivity index (χ0n) is 10.5. The Morgan fingerprint density at radius 3 is 3.00 bits per heavy atom. The molecule has 0 bridgehead atoms. The minimum atomic E-state index is -2.47. The van der Waals surface area contributed by atoms with Crippen LogP contribution in [0.3, 0.4) is 0 Å². The predicted molar refractivity (Wildman–Crippen MR) is 68.2 cm³/mol. The first-order chi connectivity index (χ1) is 9.09. The molecule has 0 spiro atoms. The molecule has 2 unspecified atom stereocenters. The first-order valence-electron chi connectivity index (χ1n) is 6.05. The Bertz CT molecular complexity index is 414. The molecule has 0 aliphatic carbocycles. The molecule has 1 N–H and O–H groups in total. The van der Waals surface area contributed by atoms with E-state index >= 15 is 0 Å². The zero-order valence-corrected chi connectivity index (χ0v) is 11.3. The van der Waals surface area contributed by atoms with Crippen LogP contribution in [0.5, 0.6) is 0 Å². The SMILES string of the molecule is CC1NC(c2cccs2)N(CCOCC(F)F)C1=O. The first kappa shape index (κ1) is 14.4. The number of nitrogens with zero attached hydrogens (tertiary/aromatic N) is 1. The summed E-state index contributed by atoms with van der Waals surface area (Å²) in [6.07, 6.45) is -2.66. The van der Waals surface area contributed by atoms with E-state index in [9.17, 15) is 13.6 Å². The topological polar surface area (TPSA) is 41.6 Å². The Morgan fingerprint density at radius 1 is 1.58 bits per heavy atom. The number of hydrogen-bond donors (Lipinski definition) is 1. The van der Waals surface area contributed by atoms with E-state index in [0.717, 1.165) is 4.88 Å². The number of amides is 1. The third-order valence-corrected chi connectivity index (χ3v) is 3.83. The summed E-state index contributed by atoms with van der Waals surface area (Å²) >= 11 is 1.55. The van der Waals surface area contributed by atoms with Crippen LogP contribution in [0, 0.1) is 0 Å². The van der Waals surface area contributed by atoms with Crippen LogP contribution in [-0.4, -0.2) is 43.0 Å². The van der Waals surface area contributed by atoms with Crippen molar-refractivity contribution in [1.82, 2.24) is 10.2 Å². The highest BCUT2D eigenvalue weighted by atomic mass is 32.1. The molecule has 1 aromatic rings. The van der Waals surface area contributed by atoms with Crippen LogP contribution in [-0.2, 0) is 9.53 Å². The highest BCUT2D eigenvalue weighted by molar-refractivity contribution is 7.10. The van der Waals surface area contributed by atoms with Crippen LogP contribution < -0.4 is 5.32 Å². The molecule has 1 aliphatic rings. The quantitative estimate of drug-likeness (QED) is 0.813. The summed E-state index contributed by atoms with van der Waals surface area (Å²) in [4.78, 5) is 14.7. The second-order valence-corrected chi connectivity index (χ2v) is 5.28. The lowest BCUT2D eigenvalue weighted by molar-refractivity contribution is -0.130. The van der Waals surface area contributed by atoms with Gasteiger partial charge in [-0.2, -0.15) is 0 Å². The van der Waals surface area contributed by atoms with Crippen LogP contribution in [0.25, 0.3) is 0 Å². The van der Waals surface area contributed by atoms with E-state index < -0.39 is 13.0 Å². The summed E-state index contributed by atoms with van der Waals surface area (Å²) in [5.74, 6) is -0.0287. The fourth-order valence-electron chi connectivity index (χ4n) is 2.03. The molecule has 0 saturated carbocycles. The van der Waals surface area contributed by atoms with Crippen molar-refractivity contribution in [2.75, 3.05) is 19.8 Å². The number of carbonyl (C=O) groups excluding carboxylic acids is 1. The number of hydrogen-bond acceptors (Lipinski definition) is 4. The second kappa shape index (κ2) is 6.40. The highest BCUT2D eigenvalue weighted by Crippen LogP contribution is 2.28. The summed E-state index contributed by atoms with van der Waals surface area (Å²) in [6, 6.07) is 3.60. The van der Waals surface area contributed by atoms with Gasteiger partial charge in [0, 0.05) is 11.4 Å². The lowest BCUT2D eigenvalue weighted by Gasteiger charge is -2.23. The molecule has 1 aliphatic heterocycles. The third kappa shape index (κ3) is 3.49. The molecule has 7 heteroatoms. The van der Waals surface area contributed by atoms with Crippen molar-refractivity contribution < 1.29 is 18.3 Å². The Kier molecular flexibility index (Phi) is 4.84. The Morgan fingerprint density at radius 2 is 2.37 bits per heavy atom. The molecule has 19 heavy (non-hydrogen) atoms. The van der Waals surface area contributed by atoms with Crippen molar-refractivity contribution in [3.05, 3.63) is 22.4 Å². The number of rotatable bonds is 6. The number of alkyl halides is 2. The first-order valence-corrected chi connectivity index (χ1v) is 6.93. The summed E-state index contributed by atoms with van der Waals surface area (Å²) in [6.45, 7) is 1.63. The van der Waals surface area contributed by atoms with Crippen LogP contribution >= 0.6 is 11.3 Å². The van der Waals surface area contributed by atoms with Crippen molar-refractivity contribution >= 4 is 17.2 Å². The molecule has 2 rings (SSSR count). The van der Waals surface area contributed by atoms with Gasteiger partial charge in [0.05, 0.1) is 12.6 Å². The standard InChI is InChI=1S/C12H16F2N2O2S/c1-8-12(17)16(4-5-18-7-10(13)14)11(15-8)9-3-2-6-19-9/h2-3,6,8,10-11,15H,4-5,7H2,1H3. The molecular formula is C12H16F2N2O2S. The molecule has 1 fully saturated rings. The Balaban J connectivity index is 1.93. The van der Waals surface area contributed by atoms with E-state index in [4.69, 9.17) is 4.74 Å². The number of halogens is 2. The van der Waals surface area contributed by atoms with Crippen LogP contribution in [0.4, 0.5) is 8.78 Å². The van der Waals surface area contributed by atoms with Gasteiger partial charge in [0.15, 0.2) is 0 Å². The van der Waals surface area contributed by atoms with Gasteiger partial charge in [-0.25, -0.2) is 8.78 Å². The highest BCUT2D eigenvalue weighted by Gasteiger charge is 2.37. The smallest absolute Gasteiger partial charge is 0.261 e. The predicted octanol–water partition coefficient (Wildman–Crippen LogP) is 1.85. The lowest BCUT2D eigenvalue weighted by atomic mass is 10.3. The normalized spacial score (nSPS) is 23.6. The van der Waals surface area contributed by atoms with Gasteiger partial charge in [0.1, 0.15) is 12.8 Å². The minimum Gasteiger partial charge on any atom is -0.374 e. The Labute approximate surface area is 114 Å². The number of carbonyl (C=O) groups is 1. The van der Waals surface area contributed by atoms with Gasteiger partial charge in [-0.15, -0.1) is 11.3 Å². The van der Waals surface area contributed by atoms with Gasteiger partial charge in [0.2, 0.25) is 5.91 Å². The van der Waals surface area contributed by atoms with E-state index in [1.807, 2.05) is 17.5 Å². The molecule has 106 valence electrons. The van der Waals surface area contributed by atoms with Crippen molar-refractivity contribution in [1.29, 1.82) is 0 Å². The molecular weight excluding hydrogens is 274 g/mol. The second-order valence-electron chi connectivity index (χ2n) is 4.30. The molecule has 4 nitrogen and oxygen atoms in total.